The fourth-order valence-electron chi connectivity index (χ4n) is 3.25. The molecule has 0 amide bonds. The van der Waals surface area contributed by atoms with Gasteiger partial charge < -0.3 is 4.98 Å². The van der Waals surface area contributed by atoms with Crippen molar-refractivity contribution in [3.63, 3.8) is 0 Å². The van der Waals surface area contributed by atoms with Gasteiger partial charge in [0.15, 0.2) is 5.78 Å². The van der Waals surface area contributed by atoms with Crippen LogP contribution in [0.3, 0.4) is 0 Å². The Morgan fingerprint density at radius 3 is 2.96 bits per heavy atom. The lowest BCUT2D eigenvalue weighted by Crippen LogP contribution is -2.14. The average Bonchev–Trinajstić information content (AvgIpc) is 3.12. The first-order valence-corrected chi connectivity index (χ1v) is 10.00. The second-order valence-electron chi connectivity index (χ2n) is 6.33. The third-order valence-electron chi connectivity index (χ3n) is 4.59. The van der Waals surface area contributed by atoms with Crippen molar-refractivity contribution in [2.24, 2.45) is 0 Å². The fraction of sp³-hybridized carbons (Fsp3) is 0.190. The average molecular weight is 377 g/mol. The van der Waals surface area contributed by atoms with E-state index >= 15 is 0 Å². The van der Waals surface area contributed by atoms with E-state index in [-0.39, 0.29) is 11.3 Å². The Bertz CT molecular complexity index is 1190. The maximum Gasteiger partial charge on any atom is 0.258 e. The van der Waals surface area contributed by atoms with Crippen LogP contribution in [0.4, 0.5) is 0 Å². The number of nitrogens with one attached hydrogen (secondary N) is 1. The molecule has 4 aromatic rings. The van der Waals surface area contributed by atoms with Crippen LogP contribution in [0.1, 0.15) is 28.5 Å². The zero-order chi connectivity index (χ0) is 18.8. The number of aromatic nitrogens is 3. The maximum atomic E-state index is 12.7. The molecule has 0 saturated carbocycles. The molecule has 0 spiro atoms. The summed E-state index contributed by atoms with van der Waals surface area (Å²) in [5.74, 6) is 0.950. The number of para-hydroxylation sites is 1. The number of pyridine rings is 1. The summed E-state index contributed by atoms with van der Waals surface area (Å²) in [6.45, 7) is 2.10. The summed E-state index contributed by atoms with van der Waals surface area (Å²) in [6, 6.07) is 13.0. The van der Waals surface area contributed by atoms with Crippen LogP contribution in [-0.2, 0) is 12.2 Å². The number of aromatic amines is 1. The molecule has 0 bridgehead atoms. The molecule has 3 heterocycles. The molecule has 0 unspecified atom stereocenters. The predicted octanol–water partition coefficient (Wildman–Crippen LogP) is 3.85. The molecule has 0 aliphatic rings. The third kappa shape index (κ3) is 3.40. The molecular formula is C21H19N3O2S. The van der Waals surface area contributed by atoms with Crippen molar-refractivity contribution >= 4 is 34.1 Å². The number of rotatable bonds is 6. The highest BCUT2D eigenvalue weighted by atomic mass is 32.2. The number of nitrogens with zero attached hydrogens (tertiary/aromatic N) is 2. The van der Waals surface area contributed by atoms with Gasteiger partial charge in [0.2, 0.25) is 0 Å². The van der Waals surface area contributed by atoms with E-state index in [0.717, 1.165) is 22.9 Å². The molecule has 5 nitrogen and oxygen atoms in total. The zero-order valence-corrected chi connectivity index (χ0v) is 15.8. The molecule has 0 aliphatic carbocycles. The first-order chi connectivity index (χ1) is 13.2. The van der Waals surface area contributed by atoms with Gasteiger partial charge in [0.1, 0.15) is 5.65 Å². The van der Waals surface area contributed by atoms with Crippen LogP contribution < -0.4 is 5.56 Å². The van der Waals surface area contributed by atoms with Gasteiger partial charge >= 0.3 is 0 Å². The number of carbonyl (C=O) groups excluding carboxylic acids is 1. The van der Waals surface area contributed by atoms with Crippen LogP contribution in [0.2, 0.25) is 0 Å². The molecule has 0 fully saturated rings. The second kappa shape index (κ2) is 7.40. The Morgan fingerprint density at radius 2 is 2.11 bits per heavy atom. The minimum absolute atomic E-state index is 0.0806. The maximum absolute atomic E-state index is 12.7. The summed E-state index contributed by atoms with van der Waals surface area (Å²) in [5.41, 5.74) is 4.18. The predicted molar refractivity (Wildman–Crippen MR) is 110 cm³/mol. The van der Waals surface area contributed by atoms with E-state index in [2.05, 4.69) is 23.0 Å². The van der Waals surface area contributed by atoms with Gasteiger partial charge in [-0.3, -0.25) is 14.0 Å². The van der Waals surface area contributed by atoms with Crippen molar-refractivity contribution in [2.75, 3.05) is 5.75 Å². The lowest BCUT2D eigenvalue weighted by Gasteiger charge is -2.04. The summed E-state index contributed by atoms with van der Waals surface area (Å²) in [5, 5.41) is 0.974. The number of benzene rings is 1. The summed E-state index contributed by atoms with van der Waals surface area (Å²) < 4.78 is 1.51. The number of ketones is 1. The normalized spacial score (nSPS) is 11.3. The van der Waals surface area contributed by atoms with Gasteiger partial charge in [-0.1, -0.05) is 31.2 Å². The summed E-state index contributed by atoms with van der Waals surface area (Å²) >= 11 is 1.47. The van der Waals surface area contributed by atoms with Crippen LogP contribution in [0.25, 0.3) is 16.6 Å². The molecule has 0 atom stereocenters. The summed E-state index contributed by atoms with van der Waals surface area (Å²) in [7, 11) is 0. The van der Waals surface area contributed by atoms with E-state index in [0.29, 0.717) is 22.8 Å². The van der Waals surface area contributed by atoms with Crippen LogP contribution in [0, 0.1) is 0 Å². The summed E-state index contributed by atoms with van der Waals surface area (Å²) in [4.78, 5) is 32.5. The van der Waals surface area contributed by atoms with Crippen LogP contribution in [-0.4, -0.2) is 25.9 Å². The second-order valence-corrected chi connectivity index (χ2v) is 7.31. The molecule has 0 saturated heterocycles. The van der Waals surface area contributed by atoms with E-state index in [4.69, 9.17) is 0 Å². The van der Waals surface area contributed by atoms with Crippen molar-refractivity contribution in [1.29, 1.82) is 0 Å². The number of thioether (sulfide) groups is 1. The minimum atomic E-state index is -0.105. The first-order valence-electron chi connectivity index (χ1n) is 8.84. The van der Waals surface area contributed by atoms with Gasteiger partial charge in [-0.05, 0) is 24.1 Å². The monoisotopic (exact) mass is 377 g/mol. The molecule has 27 heavy (non-hydrogen) atoms. The van der Waals surface area contributed by atoms with Crippen LogP contribution in [0.5, 0.6) is 0 Å². The third-order valence-corrected chi connectivity index (χ3v) is 5.56. The van der Waals surface area contributed by atoms with E-state index in [1.165, 1.54) is 27.8 Å². The van der Waals surface area contributed by atoms with Gasteiger partial charge in [0.05, 0.1) is 11.4 Å². The van der Waals surface area contributed by atoms with Crippen molar-refractivity contribution in [3.05, 3.63) is 82.0 Å². The minimum Gasteiger partial charge on any atom is -0.360 e. The fourth-order valence-corrected chi connectivity index (χ4v) is 4.05. The highest BCUT2D eigenvalue weighted by molar-refractivity contribution is 7.99. The van der Waals surface area contributed by atoms with Gasteiger partial charge in [-0.2, -0.15) is 0 Å². The first kappa shape index (κ1) is 17.5. The molecule has 1 aromatic carbocycles. The SMILES string of the molecule is CCc1cccc2c(C(=O)CSCc3cc(=O)n4ccccc4n3)c[nH]c12. The van der Waals surface area contributed by atoms with Gasteiger partial charge in [-0.15, -0.1) is 11.8 Å². The lowest BCUT2D eigenvalue weighted by molar-refractivity contribution is 0.102. The topological polar surface area (TPSA) is 67.2 Å². The number of H-pyrrole nitrogens is 1. The van der Waals surface area contributed by atoms with Crippen molar-refractivity contribution in [1.82, 2.24) is 14.4 Å². The van der Waals surface area contributed by atoms with Gasteiger partial charge in [0, 0.05) is 40.7 Å². The van der Waals surface area contributed by atoms with E-state index in [1.807, 2.05) is 18.2 Å². The highest BCUT2D eigenvalue weighted by Crippen LogP contribution is 2.24. The van der Waals surface area contributed by atoms with Gasteiger partial charge in [-0.25, -0.2) is 4.98 Å². The van der Waals surface area contributed by atoms with E-state index in [1.54, 1.807) is 24.5 Å². The van der Waals surface area contributed by atoms with Crippen molar-refractivity contribution in [2.45, 2.75) is 19.1 Å². The molecular weight excluding hydrogens is 358 g/mol. The standard InChI is InChI=1S/C21H19N3O2S/c1-2-14-6-5-7-16-17(11-22-21(14)16)18(25)13-27-12-15-10-20(26)24-9-4-3-8-19(24)23-15/h3-11,22H,2,12-13H2,1H3. The largest absolute Gasteiger partial charge is 0.360 e. The molecule has 0 aliphatic heterocycles. The molecule has 1 N–H and O–H groups in total. The smallest absolute Gasteiger partial charge is 0.258 e. The Labute approximate surface area is 160 Å². The van der Waals surface area contributed by atoms with Crippen LogP contribution >= 0.6 is 11.8 Å². The number of fused-ring (bicyclic) bond motifs is 2. The highest BCUT2D eigenvalue weighted by Gasteiger charge is 2.14. The Morgan fingerprint density at radius 1 is 1.22 bits per heavy atom. The number of hydrogen-bond donors (Lipinski definition) is 1. The van der Waals surface area contributed by atoms with Crippen LogP contribution in [0.15, 0.2) is 59.7 Å². The molecule has 4 rings (SSSR count). The Hall–Kier alpha value is -2.86. The number of hydrogen-bond acceptors (Lipinski definition) is 4. The number of aryl methyl sites for hydroxylation is 1. The van der Waals surface area contributed by atoms with E-state index in [9.17, 15) is 9.59 Å². The summed E-state index contributed by atoms with van der Waals surface area (Å²) in [6.07, 6.45) is 4.42. The van der Waals surface area contributed by atoms with E-state index < -0.39 is 0 Å². The lowest BCUT2D eigenvalue weighted by atomic mass is 10.1. The molecule has 3 aromatic heterocycles. The Balaban J connectivity index is 1.48. The zero-order valence-electron chi connectivity index (χ0n) is 14.9. The molecule has 0 radical (unpaired) electrons. The van der Waals surface area contributed by atoms with Gasteiger partial charge in [0.25, 0.3) is 5.56 Å². The van der Waals surface area contributed by atoms with Crippen molar-refractivity contribution in [3.8, 4) is 0 Å². The number of Topliss-reactive ketones (excluding diaryl/α,β-unsaturated/α-hetero) is 1. The molecule has 136 valence electrons. The number of carbonyl (C=O) groups is 1. The Kier molecular flexibility index (Phi) is 4.81. The molecule has 6 heteroatoms. The quantitative estimate of drug-likeness (QED) is 0.518. The van der Waals surface area contributed by atoms with Crippen molar-refractivity contribution < 1.29 is 4.79 Å².